The van der Waals surface area contributed by atoms with Crippen molar-refractivity contribution in [2.75, 3.05) is 13.1 Å². The number of aromatic nitrogens is 1. The Hall–Kier alpha value is -1.70. The van der Waals surface area contributed by atoms with E-state index in [9.17, 15) is 13.2 Å². The Labute approximate surface area is 138 Å². The maximum Gasteiger partial charge on any atom is 0.306 e. The Morgan fingerprint density at radius 1 is 1.26 bits per heavy atom. The van der Waals surface area contributed by atoms with Crippen LogP contribution < -0.4 is 0 Å². The summed E-state index contributed by atoms with van der Waals surface area (Å²) < 4.78 is 27.1. The molecule has 23 heavy (non-hydrogen) atoms. The Morgan fingerprint density at radius 3 is 2.61 bits per heavy atom. The highest BCUT2D eigenvalue weighted by Gasteiger charge is 2.33. The molecule has 0 spiro atoms. The molecule has 2 heterocycles. The standard InChI is InChI=1S/C15H15ClN2O4S/c16-12-3-4-13(11-2-1-7-17-14(11)12)23(21,22)18-8-5-10(6-9-18)15(19)20/h1-4,7,10H,5-6,8-9H2,(H,19,20). The monoisotopic (exact) mass is 354 g/mol. The Kier molecular flexibility index (Phi) is 4.27. The van der Waals surface area contributed by atoms with Gasteiger partial charge in [0.25, 0.3) is 0 Å². The number of hydrogen-bond donors (Lipinski definition) is 1. The molecule has 1 fully saturated rings. The number of fused-ring (bicyclic) bond motifs is 1. The molecule has 1 aliphatic rings. The van der Waals surface area contributed by atoms with Crippen LogP contribution in [0, 0.1) is 5.92 Å². The molecule has 1 aliphatic heterocycles. The zero-order chi connectivity index (χ0) is 16.6. The summed E-state index contributed by atoms with van der Waals surface area (Å²) in [7, 11) is -3.71. The van der Waals surface area contributed by atoms with Gasteiger partial charge in [-0.3, -0.25) is 9.78 Å². The fourth-order valence-electron chi connectivity index (χ4n) is 2.82. The summed E-state index contributed by atoms with van der Waals surface area (Å²) in [5.74, 6) is -1.35. The van der Waals surface area contributed by atoms with Crippen molar-refractivity contribution in [2.24, 2.45) is 5.92 Å². The van der Waals surface area contributed by atoms with Gasteiger partial charge < -0.3 is 5.11 Å². The highest BCUT2D eigenvalue weighted by Crippen LogP contribution is 2.31. The minimum absolute atomic E-state index is 0.152. The molecule has 0 bridgehead atoms. The summed E-state index contributed by atoms with van der Waals surface area (Å²) in [5.41, 5.74) is 0.440. The predicted octanol–water partition coefficient (Wildman–Crippen LogP) is 2.37. The minimum atomic E-state index is -3.71. The number of aliphatic carboxylic acids is 1. The molecule has 1 aromatic carbocycles. The maximum absolute atomic E-state index is 12.9. The Bertz CT molecular complexity index is 861. The van der Waals surface area contributed by atoms with Crippen LogP contribution in [0.3, 0.4) is 0 Å². The first-order valence-electron chi connectivity index (χ1n) is 7.17. The van der Waals surface area contributed by atoms with E-state index < -0.39 is 21.9 Å². The number of benzene rings is 1. The molecule has 3 rings (SSSR count). The van der Waals surface area contributed by atoms with Crippen LogP contribution in [0.4, 0.5) is 0 Å². The molecule has 122 valence electrons. The van der Waals surface area contributed by atoms with E-state index in [-0.39, 0.29) is 18.0 Å². The molecule has 6 nitrogen and oxygen atoms in total. The quantitative estimate of drug-likeness (QED) is 0.914. The van der Waals surface area contributed by atoms with Crippen LogP contribution >= 0.6 is 11.6 Å². The molecule has 0 amide bonds. The van der Waals surface area contributed by atoms with Gasteiger partial charge >= 0.3 is 5.97 Å². The van der Waals surface area contributed by atoms with Crippen molar-refractivity contribution in [2.45, 2.75) is 17.7 Å². The Morgan fingerprint density at radius 2 is 1.96 bits per heavy atom. The smallest absolute Gasteiger partial charge is 0.306 e. The number of halogens is 1. The number of pyridine rings is 1. The third-order valence-corrected chi connectivity index (χ3v) is 6.36. The molecular formula is C15H15ClN2O4S. The van der Waals surface area contributed by atoms with E-state index in [4.69, 9.17) is 16.7 Å². The third-order valence-electron chi connectivity index (χ3n) is 4.10. The lowest BCUT2D eigenvalue weighted by atomic mass is 9.99. The van der Waals surface area contributed by atoms with Gasteiger partial charge in [0.05, 0.1) is 21.4 Å². The molecule has 1 aromatic heterocycles. The van der Waals surface area contributed by atoms with Crippen LogP contribution in [0.1, 0.15) is 12.8 Å². The molecule has 1 saturated heterocycles. The lowest BCUT2D eigenvalue weighted by Crippen LogP contribution is -2.40. The summed E-state index contributed by atoms with van der Waals surface area (Å²) in [4.78, 5) is 15.3. The summed E-state index contributed by atoms with van der Waals surface area (Å²) in [6.07, 6.45) is 2.19. The first-order chi connectivity index (χ1) is 10.9. The van der Waals surface area contributed by atoms with E-state index in [1.54, 1.807) is 18.3 Å². The lowest BCUT2D eigenvalue weighted by molar-refractivity contribution is -0.142. The van der Waals surface area contributed by atoms with E-state index >= 15 is 0 Å². The van der Waals surface area contributed by atoms with E-state index in [1.807, 2.05) is 0 Å². The number of nitrogens with zero attached hydrogens (tertiary/aromatic N) is 2. The predicted molar refractivity (Wildman–Crippen MR) is 85.9 cm³/mol. The molecule has 2 aromatic rings. The number of piperidine rings is 1. The molecule has 1 N–H and O–H groups in total. The van der Waals surface area contributed by atoms with Crippen molar-refractivity contribution in [1.82, 2.24) is 9.29 Å². The van der Waals surface area contributed by atoms with Gasteiger partial charge in [-0.25, -0.2) is 8.42 Å². The van der Waals surface area contributed by atoms with Gasteiger partial charge in [-0.1, -0.05) is 11.6 Å². The molecule has 0 atom stereocenters. The normalized spacial score (nSPS) is 17.4. The van der Waals surface area contributed by atoms with Crippen molar-refractivity contribution in [1.29, 1.82) is 0 Å². The van der Waals surface area contributed by atoms with E-state index in [0.29, 0.717) is 28.8 Å². The number of carboxylic acid groups (broad SMARTS) is 1. The van der Waals surface area contributed by atoms with Crippen LogP contribution in [-0.2, 0) is 14.8 Å². The van der Waals surface area contributed by atoms with Crippen molar-refractivity contribution in [3.8, 4) is 0 Å². The number of carbonyl (C=O) groups is 1. The zero-order valence-corrected chi connectivity index (χ0v) is 13.7. The molecule has 0 unspecified atom stereocenters. The average Bonchev–Trinajstić information content (AvgIpc) is 2.55. The topological polar surface area (TPSA) is 87.6 Å². The molecule has 8 heteroatoms. The van der Waals surface area contributed by atoms with Crippen LogP contribution in [0.2, 0.25) is 5.02 Å². The van der Waals surface area contributed by atoms with Gasteiger partial charge in [0, 0.05) is 24.7 Å². The second-order valence-corrected chi connectivity index (χ2v) is 7.78. The fourth-order valence-corrected chi connectivity index (χ4v) is 4.69. The summed E-state index contributed by atoms with van der Waals surface area (Å²) in [5, 5.41) is 9.89. The van der Waals surface area contributed by atoms with Gasteiger partial charge in [-0.2, -0.15) is 4.31 Å². The second-order valence-electron chi connectivity index (χ2n) is 5.46. The molecule has 0 saturated carbocycles. The number of carboxylic acids is 1. The van der Waals surface area contributed by atoms with E-state index in [1.165, 1.54) is 16.4 Å². The number of hydrogen-bond acceptors (Lipinski definition) is 4. The Balaban J connectivity index is 1.98. The van der Waals surface area contributed by atoms with Crippen LogP contribution in [0.5, 0.6) is 0 Å². The van der Waals surface area contributed by atoms with Crippen LogP contribution in [0.25, 0.3) is 10.9 Å². The van der Waals surface area contributed by atoms with Gasteiger partial charge in [0.15, 0.2) is 0 Å². The lowest BCUT2D eigenvalue weighted by Gasteiger charge is -2.29. The van der Waals surface area contributed by atoms with Gasteiger partial charge in [0.2, 0.25) is 10.0 Å². The molecular weight excluding hydrogens is 340 g/mol. The van der Waals surface area contributed by atoms with Gasteiger partial charge in [-0.15, -0.1) is 0 Å². The van der Waals surface area contributed by atoms with Gasteiger partial charge in [0.1, 0.15) is 0 Å². The summed E-state index contributed by atoms with van der Waals surface area (Å²) >= 11 is 6.08. The summed E-state index contributed by atoms with van der Waals surface area (Å²) in [6.45, 7) is 0.396. The third kappa shape index (κ3) is 2.91. The summed E-state index contributed by atoms with van der Waals surface area (Å²) in [6, 6.07) is 6.33. The van der Waals surface area contributed by atoms with E-state index in [2.05, 4.69) is 4.98 Å². The first-order valence-corrected chi connectivity index (χ1v) is 8.99. The second kappa shape index (κ2) is 6.07. The number of rotatable bonds is 3. The SMILES string of the molecule is O=C(O)C1CCN(S(=O)(=O)c2ccc(Cl)c3ncccc23)CC1. The van der Waals surface area contributed by atoms with Crippen molar-refractivity contribution in [3.63, 3.8) is 0 Å². The van der Waals surface area contributed by atoms with Crippen molar-refractivity contribution < 1.29 is 18.3 Å². The van der Waals surface area contributed by atoms with Crippen molar-refractivity contribution >= 4 is 38.5 Å². The molecule has 0 radical (unpaired) electrons. The zero-order valence-electron chi connectivity index (χ0n) is 12.1. The van der Waals surface area contributed by atoms with E-state index in [0.717, 1.165) is 0 Å². The minimum Gasteiger partial charge on any atom is -0.481 e. The van der Waals surface area contributed by atoms with Crippen molar-refractivity contribution in [3.05, 3.63) is 35.5 Å². The highest BCUT2D eigenvalue weighted by atomic mass is 35.5. The largest absolute Gasteiger partial charge is 0.481 e. The van der Waals surface area contributed by atoms with Crippen LogP contribution in [0.15, 0.2) is 35.4 Å². The average molecular weight is 355 g/mol. The van der Waals surface area contributed by atoms with Crippen LogP contribution in [-0.4, -0.2) is 41.9 Å². The van der Waals surface area contributed by atoms with Gasteiger partial charge in [-0.05, 0) is 37.1 Å². The maximum atomic E-state index is 12.9. The molecule has 0 aliphatic carbocycles. The highest BCUT2D eigenvalue weighted by molar-refractivity contribution is 7.89. The fraction of sp³-hybridized carbons (Fsp3) is 0.333. The number of sulfonamides is 1. The first kappa shape index (κ1) is 16.2.